The molecule has 0 aliphatic rings. The Bertz CT molecular complexity index is 619. The second kappa shape index (κ2) is 7.22. The lowest BCUT2D eigenvalue weighted by Crippen LogP contribution is -2.41. The molecule has 0 bridgehead atoms. The highest BCUT2D eigenvalue weighted by atomic mass is 16.1. The van der Waals surface area contributed by atoms with E-state index in [0.29, 0.717) is 23.7 Å². The van der Waals surface area contributed by atoms with Crippen molar-refractivity contribution in [3.05, 3.63) is 47.8 Å². The highest BCUT2D eigenvalue weighted by Crippen LogP contribution is 2.12. The van der Waals surface area contributed by atoms with Gasteiger partial charge < -0.3 is 11.1 Å². The predicted molar refractivity (Wildman–Crippen MR) is 88.1 cm³/mol. The summed E-state index contributed by atoms with van der Waals surface area (Å²) < 4.78 is 1.73. The van der Waals surface area contributed by atoms with Gasteiger partial charge in [0.2, 0.25) is 0 Å². The predicted octanol–water partition coefficient (Wildman–Crippen LogP) is 2.28. The van der Waals surface area contributed by atoms with Crippen molar-refractivity contribution in [3.63, 3.8) is 0 Å². The summed E-state index contributed by atoms with van der Waals surface area (Å²) in [6.45, 7) is 6.52. The van der Waals surface area contributed by atoms with Crippen LogP contribution in [0.25, 0.3) is 5.69 Å². The number of hydrogen-bond acceptors (Lipinski definition) is 3. The van der Waals surface area contributed by atoms with Gasteiger partial charge in [-0.3, -0.25) is 4.79 Å². The van der Waals surface area contributed by atoms with Crippen LogP contribution in [0.3, 0.4) is 0 Å². The van der Waals surface area contributed by atoms with Crippen LogP contribution in [0.15, 0.2) is 36.5 Å². The van der Waals surface area contributed by atoms with Crippen molar-refractivity contribution in [3.8, 4) is 5.69 Å². The van der Waals surface area contributed by atoms with E-state index in [1.807, 2.05) is 37.3 Å². The van der Waals surface area contributed by atoms with Gasteiger partial charge in [-0.1, -0.05) is 32.0 Å². The van der Waals surface area contributed by atoms with Crippen LogP contribution in [0.5, 0.6) is 0 Å². The topological polar surface area (TPSA) is 72.9 Å². The summed E-state index contributed by atoms with van der Waals surface area (Å²) in [5.41, 5.74) is 7.98. The molecule has 1 atom stereocenters. The summed E-state index contributed by atoms with van der Waals surface area (Å²) in [6.07, 6.45) is 2.64. The van der Waals surface area contributed by atoms with Crippen LogP contribution in [0.1, 0.15) is 36.3 Å². The van der Waals surface area contributed by atoms with Crippen molar-refractivity contribution in [1.29, 1.82) is 0 Å². The van der Waals surface area contributed by atoms with E-state index in [9.17, 15) is 4.79 Å². The number of hydrogen-bond donors (Lipinski definition) is 2. The summed E-state index contributed by atoms with van der Waals surface area (Å²) >= 11 is 0. The third-order valence-electron chi connectivity index (χ3n) is 3.54. The summed E-state index contributed by atoms with van der Waals surface area (Å²) in [5.74, 6) is 0.373. The Morgan fingerprint density at radius 1 is 1.32 bits per heavy atom. The van der Waals surface area contributed by atoms with Gasteiger partial charge in [0.25, 0.3) is 5.91 Å². The van der Waals surface area contributed by atoms with Gasteiger partial charge in [0, 0.05) is 18.8 Å². The number of benzene rings is 1. The van der Waals surface area contributed by atoms with Gasteiger partial charge in [-0.15, -0.1) is 0 Å². The average Bonchev–Trinajstić information content (AvgIpc) is 2.89. The molecule has 1 unspecified atom stereocenters. The first-order valence-corrected chi connectivity index (χ1v) is 7.64. The molecule has 0 fully saturated rings. The Labute approximate surface area is 131 Å². The number of aryl methyl sites for hydroxylation is 1. The molecule has 2 rings (SSSR count). The zero-order valence-electron chi connectivity index (χ0n) is 13.4. The molecule has 0 spiro atoms. The molecular formula is C17H24N4O. The zero-order valence-corrected chi connectivity index (χ0v) is 13.4. The maximum Gasteiger partial charge on any atom is 0.255 e. The van der Waals surface area contributed by atoms with Crippen LogP contribution in [0.2, 0.25) is 0 Å². The molecule has 1 heterocycles. The number of amides is 1. The fourth-order valence-corrected chi connectivity index (χ4v) is 2.44. The van der Waals surface area contributed by atoms with Gasteiger partial charge in [0.05, 0.1) is 16.9 Å². The fourth-order valence-electron chi connectivity index (χ4n) is 2.44. The quantitative estimate of drug-likeness (QED) is 0.859. The molecule has 22 heavy (non-hydrogen) atoms. The molecule has 0 radical (unpaired) electrons. The smallest absolute Gasteiger partial charge is 0.255 e. The minimum absolute atomic E-state index is 0.00743. The normalized spacial score (nSPS) is 12.4. The van der Waals surface area contributed by atoms with Gasteiger partial charge in [0.15, 0.2) is 0 Å². The number of carbonyl (C=O) groups is 1. The number of carbonyl (C=O) groups excluding carboxylic acids is 1. The van der Waals surface area contributed by atoms with Crippen molar-refractivity contribution in [2.75, 3.05) is 6.54 Å². The van der Waals surface area contributed by atoms with Crippen molar-refractivity contribution in [1.82, 2.24) is 15.1 Å². The first-order chi connectivity index (χ1) is 10.5. The standard InChI is InChI=1S/C17H24N4O/c1-12(2)9-14(10-18)19-17(22)16-11-21(20-13(16)3)15-7-5-4-6-8-15/h4-8,11-12,14H,9-10,18H2,1-3H3,(H,19,22). The Morgan fingerprint density at radius 2 is 2.00 bits per heavy atom. The fraction of sp³-hybridized carbons (Fsp3) is 0.412. The van der Waals surface area contributed by atoms with E-state index < -0.39 is 0 Å². The van der Waals surface area contributed by atoms with E-state index in [1.165, 1.54) is 0 Å². The van der Waals surface area contributed by atoms with E-state index in [4.69, 9.17) is 5.73 Å². The van der Waals surface area contributed by atoms with E-state index in [0.717, 1.165) is 12.1 Å². The summed E-state index contributed by atoms with van der Waals surface area (Å²) in [7, 11) is 0. The minimum atomic E-state index is -0.115. The van der Waals surface area contributed by atoms with Crippen molar-refractivity contribution in [2.45, 2.75) is 33.2 Å². The average molecular weight is 300 g/mol. The maximum absolute atomic E-state index is 12.4. The summed E-state index contributed by atoms with van der Waals surface area (Å²) in [5, 5.41) is 7.42. The molecule has 3 N–H and O–H groups in total. The molecule has 0 saturated heterocycles. The lowest BCUT2D eigenvalue weighted by Gasteiger charge is -2.18. The molecule has 0 saturated carbocycles. The molecular weight excluding hydrogens is 276 g/mol. The minimum Gasteiger partial charge on any atom is -0.348 e. The summed E-state index contributed by atoms with van der Waals surface area (Å²) in [4.78, 5) is 12.4. The summed E-state index contributed by atoms with van der Waals surface area (Å²) in [6, 6.07) is 9.74. The van der Waals surface area contributed by atoms with Crippen LogP contribution in [-0.4, -0.2) is 28.3 Å². The van der Waals surface area contributed by atoms with E-state index >= 15 is 0 Å². The van der Waals surface area contributed by atoms with Crippen molar-refractivity contribution < 1.29 is 4.79 Å². The van der Waals surface area contributed by atoms with E-state index in [-0.39, 0.29) is 11.9 Å². The number of para-hydroxylation sites is 1. The maximum atomic E-state index is 12.4. The van der Waals surface area contributed by atoms with E-state index in [1.54, 1.807) is 10.9 Å². The number of nitrogens with one attached hydrogen (secondary N) is 1. The van der Waals surface area contributed by atoms with E-state index in [2.05, 4.69) is 24.3 Å². The number of nitrogens with zero attached hydrogens (tertiary/aromatic N) is 2. The lowest BCUT2D eigenvalue weighted by molar-refractivity contribution is 0.0933. The molecule has 2 aromatic rings. The Balaban J connectivity index is 2.15. The third-order valence-corrected chi connectivity index (χ3v) is 3.54. The zero-order chi connectivity index (χ0) is 16.1. The molecule has 1 aromatic carbocycles. The highest BCUT2D eigenvalue weighted by Gasteiger charge is 2.18. The second-order valence-electron chi connectivity index (χ2n) is 5.94. The Hall–Kier alpha value is -2.14. The first-order valence-electron chi connectivity index (χ1n) is 7.64. The number of nitrogens with two attached hydrogens (primary N) is 1. The number of aromatic nitrogens is 2. The SMILES string of the molecule is Cc1nn(-c2ccccc2)cc1C(=O)NC(CN)CC(C)C. The van der Waals surface area contributed by atoms with Gasteiger partial charge in [-0.05, 0) is 31.4 Å². The molecule has 1 aromatic heterocycles. The molecule has 5 heteroatoms. The molecule has 1 amide bonds. The van der Waals surface area contributed by atoms with Crippen molar-refractivity contribution in [2.24, 2.45) is 11.7 Å². The molecule has 0 aliphatic carbocycles. The second-order valence-corrected chi connectivity index (χ2v) is 5.94. The monoisotopic (exact) mass is 300 g/mol. The van der Waals surface area contributed by atoms with Crippen LogP contribution >= 0.6 is 0 Å². The van der Waals surface area contributed by atoms with Gasteiger partial charge in [0.1, 0.15) is 0 Å². The first kappa shape index (κ1) is 16.2. The third kappa shape index (κ3) is 3.95. The molecule has 0 aliphatic heterocycles. The van der Waals surface area contributed by atoms with Gasteiger partial charge >= 0.3 is 0 Å². The van der Waals surface area contributed by atoms with Crippen LogP contribution in [0, 0.1) is 12.8 Å². The largest absolute Gasteiger partial charge is 0.348 e. The van der Waals surface area contributed by atoms with Crippen LogP contribution < -0.4 is 11.1 Å². The lowest BCUT2D eigenvalue weighted by atomic mass is 10.0. The van der Waals surface area contributed by atoms with Crippen LogP contribution in [-0.2, 0) is 0 Å². The van der Waals surface area contributed by atoms with Gasteiger partial charge in [-0.25, -0.2) is 4.68 Å². The molecule has 118 valence electrons. The van der Waals surface area contributed by atoms with Crippen LogP contribution in [0.4, 0.5) is 0 Å². The number of rotatable bonds is 6. The Kier molecular flexibility index (Phi) is 5.33. The highest BCUT2D eigenvalue weighted by molar-refractivity contribution is 5.95. The molecule has 5 nitrogen and oxygen atoms in total. The van der Waals surface area contributed by atoms with Crippen molar-refractivity contribution >= 4 is 5.91 Å². The Morgan fingerprint density at radius 3 is 2.59 bits per heavy atom. The van der Waals surface area contributed by atoms with Gasteiger partial charge in [-0.2, -0.15) is 5.10 Å².